The van der Waals surface area contributed by atoms with Crippen molar-refractivity contribution in [3.63, 3.8) is 0 Å². The third-order valence-electron chi connectivity index (χ3n) is 6.64. The van der Waals surface area contributed by atoms with Crippen LogP contribution in [0, 0.1) is 22.7 Å². The summed E-state index contributed by atoms with van der Waals surface area (Å²) in [6.07, 6.45) is 3.54. The Labute approximate surface area is 118 Å². The van der Waals surface area contributed by atoms with E-state index in [4.69, 9.17) is 0 Å². The maximum atomic E-state index is 11.6. The molecule has 0 aromatic heterocycles. The van der Waals surface area contributed by atoms with E-state index in [1.807, 2.05) is 0 Å². The van der Waals surface area contributed by atoms with Crippen molar-refractivity contribution >= 4 is 12.3 Å². The van der Waals surface area contributed by atoms with Crippen molar-refractivity contribution in [2.24, 2.45) is 22.7 Å². The van der Waals surface area contributed by atoms with E-state index in [0.717, 1.165) is 24.8 Å². The zero-order chi connectivity index (χ0) is 14.9. The number of hydrogen-bond donors (Lipinski definition) is 2. The van der Waals surface area contributed by atoms with Gasteiger partial charge in [0.05, 0.1) is 5.57 Å². The van der Waals surface area contributed by atoms with E-state index in [0.29, 0.717) is 18.1 Å². The smallest absolute Gasteiger partial charge is 0.334 e. The van der Waals surface area contributed by atoms with Crippen LogP contribution in [0.4, 0.5) is 0 Å². The molecule has 0 heterocycles. The van der Waals surface area contributed by atoms with Crippen LogP contribution in [0.5, 0.6) is 0 Å². The summed E-state index contributed by atoms with van der Waals surface area (Å²) in [4.78, 5) is 23.0. The zero-order valence-corrected chi connectivity index (χ0v) is 12.3. The highest BCUT2D eigenvalue weighted by Gasteiger charge is 2.69. The molecule has 2 N–H and O–H groups in total. The maximum absolute atomic E-state index is 11.6. The Morgan fingerprint density at radius 1 is 1.35 bits per heavy atom. The molecule has 4 heteroatoms. The molecule has 3 aliphatic carbocycles. The van der Waals surface area contributed by atoms with Crippen LogP contribution < -0.4 is 0 Å². The van der Waals surface area contributed by atoms with Gasteiger partial charge in [-0.3, -0.25) is 4.79 Å². The summed E-state index contributed by atoms with van der Waals surface area (Å²) in [5.41, 5.74) is -1.39. The Bertz CT molecular complexity index is 533. The molecule has 20 heavy (non-hydrogen) atoms. The summed E-state index contributed by atoms with van der Waals surface area (Å²) in [6.45, 7) is 6.49. The van der Waals surface area contributed by atoms with Gasteiger partial charge < -0.3 is 10.2 Å². The average molecular weight is 278 g/mol. The lowest BCUT2D eigenvalue weighted by molar-refractivity contribution is -0.139. The number of hydrogen-bond acceptors (Lipinski definition) is 3. The minimum absolute atomic E-state index is 0.0307. The predicted molar refractivity (Wildman–Crippen MR) is 73.0 cm³/mol. The van der Waals surface area contributed by atoms with Gasteiger partial charge in [0.1, 0.15) is 0 Å². The number of aliphatic carboxylic acids is 1. The summed E-state index contributed by atoms with van der Waals surface area (Å²) >= 11 is 0. The molecule has 3 aliphatic rings. The highest BCUT2D eigenvalue weighted by atomic mass is 16.4. The van der Waals surface area contributed by atoms with Gasteiger partial charge in [-0.2, -0.15) is 0 Å². The third kappa shape index (κ3) is 1.26. The van der Waals surface area contributed by atoms with Gasteiger partial charge in [-0.1, -0.05) is 20.8 Å². The van der Waals surface area contributed by atoms with E-state index in [-0.39, 0.29) is 22.8 Å². The molecule has 4 atom stereocenters. The fraction of sp³-hybridized carbons (Fsp3) is 0.750. The van der Waals surface area contributed by atoms with Gasteiger partial charge in [-0.15, -0.1) is 0 Å². The molecule has 2 saturated carbocycles. The second kappa shape index (κ2) is 3.73. The van der Waals surface area contributed by atoms with E-state index >= 15 is 0 Å². The summed E-state index contributed by atoms with van der Waals surface area (Å²) in [7, 11) is 0. The van der Waals surface area contributed by atoms with E-state index in [2.05, 4.69) is 20.8 Å². The minimum atomic E-state index is -1.81. The maximum Gasteiger partial charge on any atom is 0.334 e. The van der Waals surface area contributed by atoms with Crippen molar-refractivity contribution in [1.82, 2.24) is 0 Å². The van der Waals surface area contributed by atoms with Crippen LogP contribution in [0.1, 0.15) is 46.5 Å². The first kappa shape index (κ1) is 13.8. The second-order valence-electron chi connectivity index (χ2n) is 7.45. The van der Waals surface area contributed by atoms with Crippen LogP contribution >= 0.6 is 0 Å². The molecular weight excluding hydrogens is 256 g/mol. The zero-order valence-electron chi connectivity index (χ0n) is 12.3. The summed E-state index contributed by atoms with van der Waals surface area (Å²) in [5.74, 6) is -0.379. The summed E-state index contributed by atoms with van der Waals surface area (Å²) < 4.78 is 0. The van der Waals surface area contributed by atoms with E-state index in [9.17, 15) is 19.8 Å². The Morgan fingerprint density at radius 3 is 2.55 bits per heavy atom. The molecule has 0 aromatic rings. The molecule has 0 radical (unpaired) electrons. The number of fused-ring (bicyclic) bond motifs is 1. The quantitative estimate of drug-likeness (QED) is 0.759. The number of carbonyl (C=O) groups is 2. The first-order chi connectivity index (χ1) is 9.20. The van der Waals surface area contributed by atoms with Crippen molar-refractivity contribution in [2.45, 2.75) is 52.1 Å². The molecule has 0 saturated heterocycles. The second-order valence-corrected chi connectivity index (χ2v) is 7.45. The predicted octanol–water partition coefficient (Wildman–Crippen LogP) is 2.16. The monoisotopic (exact) mass is 278 g/mol. The normalized spacial score (nSPS) is 45.4. The Balaban J connectivity index is 2.29. The van der Waals surface area contributed by atoms with E-state index in [1.165, 1.54) is 0 Å². The lowest BCUT2D eigenvalue weighted by Crippen LogP contribution is -2.48. The van der Waals surface area contributed by atoms with Crippen LogP contribution in [-0.4, -0.2) is 28.1 Å². The number of aliphatic hydroxyl groups is 1. The van der Waals surface area contributed by atoms with Crippen molar-refractivity contribution < 1.29 is 19.8 Å². The largest absolute Gasteiger partial charge is 0.478 e. The number of carboxylic acids is 1. The van der Waals surface area contributed by atoms with Gasteiger partial charge in [-0.05, 0) is 48.5 Å². The molecule has 0 aliphatic heterocycles. The van der Waals surface area contributed by atoms with Gasteiger partial charge in [0.2, 0.25) is 0 Å². The number of rotatable bonds is 2. The molecule has 110 valence electrons. The fourth-order valence-corrected chi connectivity index (χ4v) is 5.55. The first-order valence-corrected chi connectivity index (χ1v) is 7.37. The topological polar surface area (TPSA) is 74.6 Å². The van der Waals surface area contributed by atoms with Crippen LogP contribution in [0.2, 0.25) is 0 Å². The Kier molecular flexibility index (Phi) is 2.57. The lowest BCUT2D eigenvalue weighted by atomic mass is 9.52. The summed E-state index contributed by atoms with van der Waals surface area (Å²) in [6, 6.07) is 0. The van der Waals surface area contributed by atoms with E-state index < -0.39 is 11.6 Å². The van der Waals surface area contributed by atoms with Gasteiger partial charge in [0.25, 0.3) is 0 Å². The molecule has 0 aromatic carbocycles. The van der Waals surface area contributed by atoms with Gasteiger partial charge >= 0.3 is 5.97 Å². The lowest BCUT2D eigenvalue weighted by Gasteiger charge is -2.52. The van der Waals surface area contributed by atoms with E-state index in [1.54, 1.807) is 0 Å². The Morgan fingerprint density at radius 2 is 2.00 bits per heavy atom. The van der Waals surface area contributed by atoms with Gasteiger partial charge in [0.15, 0.2) is 11.9 Å². The number of allylic oxidation sites excluding steroid dienone is 1. The number of aldehydes is 1. The van der Waals surface area contributed by atoms with Crippen molar-refractivity contribution in [3.8, 4) is 0 Å². The molecule has 2 bridgehead atoms. The molecule has 1 spiro atoms. The first-order valence-electron chi connectivity index (χ1n) is 7.37. The molecule has 3 rings (SSSR count). The standard InChI is InChI=1S/C16H22O4/c1-9-4-5-10-6-11-12(13(18)19)15(20,8-17)7-16(9,11)14(10,2)3/h8-10,20H,4-7H2,1-3H3,(H,18,19)/t9-,10-,15+,16+/m1/s1. The minimum Gasteiger partial charge on any atom is -0.478 e. The number of carbonyl (C=O) groups excluding carboxylic acids is 1. The number of carboxylic acid groups (broad SMARTS) is 1. The Hall–Kier alpha value is -1.16. The van der Waals surface area contributed by atoms with Crippen LogP contribution in [0.25, 0.3) is 0 Å². The highest BCUT2D eigenvalue weighted by molar-refractivity contribution is 5.97. The van der Waals surface area contributed by atoms with Gasteiger partial charge in [0, 0.05) is 5.41 Å². The van der Waals surface area contributed by atoms with Crippen molar-refractivity contribution in [3.05, 3.63) is 11.1 Å². The molecule has 0 amide bonds. The fourth-order valence-electron chi connectivity index (χ4n) is 5.55. The van der Waals surface area contributed by atoms with Crippen LogP contribution in [0.3, 0.4) is 0 Å². The highest BCUT2D eigenvalue weighted by Crippen LogP contribution is 2.73. The molecular formula is C16H22O4. The average Bonchev–Trinajstić information content (AvgIpc) is 2.67. The molecule has 4 nitrogen and oxygen atoms in total. The molecule has 0 unspecified atom stereocenters. The molecule has 2 fully saturated rings. The van der Waals surface area contributed by atoms with Crippen LogP contribution in [-0.2, 0) is 9.59 Å². The van der Waals surface area contributed by atoms with Gasteiger partial charge in [-0.25, -0.2) is 4.79 Å². The SMILES string of the molecule is C[C@@H]1CC[C@@H]2CC3=C(C(=O)O)[C@@](O)(C=O)C[C@@]31C2(C)C. The third-order valence-corrected chi connectivity index (χ3v) is 6.64. The van der Waals surface area contributed by atoms with Crippen molar-refractivity contribution in [2.75, 3.05) is 0 Å². The van der Waals surface area contributed by atoms with Crippen LogP contribution in [0.15, 0.2) is 11.1 Å². The summed E-state index contributed by atoms with van der Waals surface area (Å²) in [5, 5.41) is 20.1. The van der Waals surface area contributed by atoms with Crippen molar-refractivity contribution in [1.29, 1.82) is 0 Å².